The van der Waals surface area contributed by atoms with Crippen molar-refractivity contribution in [2.24, 2.45) is 0 Å². The number of ether oxygens (including phenoxy) is 1. The van der Waals surface area contributed by atoms with Gasteiger partial charge in [0.05, 0.1) is 18.7 Å². The van der Waals surface area contributed by atoms with Gasteiger partial charge in [-0.3, -0.25) is 4.90 Å². The number of terminal acetylenes is 1. The predicted octanol–water partition coefficient (Wildman–Crippen LogP) is 2.57. The zero-order valence-electron chi connectivity index (χ0n) is 12.2. The number of hydrogen-bond acceptors (Lipinski definition) is 3. The highest BCUT2D eigenvalue weighted by Gasteiger charge is 2.45. The summed E-state index contributed by atoms with van der Waals surface area (Å²) in [6, 6.07) is 2.14. The molecule has 1 fully saturated rings. The lowest BCUT2D eigenvalue weighted by Gasteiger charge is -2.54. The summed E-state index contributed by atoms with van der Waals surface area (Å²) >= 11 is 0. The van der Waals surface area contributed by atoms with Crippen LogP contribution in [-0.2, 0) is 4.74 Å². The average Bonchev–Trinajstić information content (AvgIpc) is 2.22. The molecule has 1 aliphatic heterocycles. The molecule has 0 amide bonds. The fraction of sp³-hybridized carbons (Fsp3) is 0.800. The van der Waals surface area contributed by atoms with E-state index in [4.69, 9.17) is 16.4 Å². The fourth-order valence-corrected chi connectivity index (χ4v) is 3.16. The molecule has 0 bridgehead atoms. The molecule has 1 heterocycles. The number of piperidine rings is 1. The first-order chi connectivity index (χ1) is 8.23. The van der Waals surface area contributed by atoms with Crippen LogP contribution in [0.15, 0.2) is 0 Å². The van der Waals surface area contributed by atoms with Gasteiger partial charge in [-0.2, -0.15) is 5.26 Å². The van der Waals surface area contributed by atoms with Crippen molar-refractivity contribution >= 4 is 0 Å². The van der Waals surface area contributed by atoms with E-state index in [0.29, 0.717) is 6.54 Å². The van der Waals surface area contributed by atoms with E-state index in [2.05, 4.69) is 44.6 Å². The van der Waals surface area contributed by atoms with Crippen molar-refractivity contribution < 1.29 is 4.74 Å². The van der Waals surface area contributed by atoms with Crippen molar-refractivity contribution in [3.63, 3.8) is 0 Å². The van der Waals surface area contributed by atoms with Crippen LogP contribution in [0, 0.1) is 23.7 Å². The summed E-state index contributed by atoms with van der Waals surface area (Å²) in [4.78, 5) is 2.36. The van der Waals surface area contributed by atoms with Crippen molar-refractivity contribution in [1.82, 2.24) is 4.90 Å². The van der Waals surface area contributed by atoms with E-state index >= 15 is 0 Å². The van der Waals surface area contributed by atoms with Gasteiger partial charge in [0.15, 0.2) is 0 Å². The Labute approximate surface area is 111 Å². The van der Waals surface area contributed by atoms with E-state index in [1.807, 2.05) is 0 Å². The van der Waals surface area contributed by atoms with E-state index in [1.165, 1.54) is 0 Å². The quantitative estimate of drug-likeness (QED) is 0.720. The first kappa shape index (κ1) is 15.0. The van der Waals surface area contributed by atoms with Crippen LogP contribution in [-0.4, -0.2) is 34.7 Å². The fourth-order valence-electron chi connectivity index (χ4n) is 3.16. The Bertz CT molecular complexity index is 355. The topological polar surface area (TPSA) is 36.3 Å². The van der Waals surface area contributed by atoms with Crippen LogP contribution >= 0.6 is 0 Å². The third-order valence-corrected chi connectivity index (χ3v) is 3.74. The first-order valence-corrected chi connectivity index (χ1v) is 6.49. The molecular formula is C15H24N2O. The molecule has 0 saturated carbocycles. The summed E-state index contributed by atoms with van der Waals surface area (Å²) in [5.74, 6) is 2.75. The Hall–Kier alpha value is -1.03. The van der Waals surface area contributed by atoms with Crippen LogP contribution in [0.2, 0.25) is 0 Å². The van der Waals surface area contributed by atoms with Crippen molar-refractivity contribution in [3.8, 4) is 18.4 Å². The summed E-state index contributed by atoms with van der Waals surface area (Å²) in [6.07, 6.45) is 7.06. The molecule has 0 radical (unpaired) electrons. The highest BCUT2D eigenvalue weighted by atomic mass is 16.5. The highest BCUT2D eigenvalue weighted by molar-refractivity contribution is 5.05. The van der Waals surface area contributed by atoms with Crippen LogP contribution in [0.1, 0.15) is 47.5 Å². The van der Waals surface area contributed by atoms with E-state index in [-0.39, 0.29) is 23.3 Å². The average molecular weight is 248 g/mol. The Morgan fingerprint density at radius 2 is 1.83 bits per heavy atom. The maximum absolute atomic E-state index is 8.85. The van der Waals surface area contributed by atoms with Gasteiger partial charge in [0.25, 0.3) is 0 Å². The van der Waals surface area contributed by atoms with Crippen molar-refractivity contribution in [2.75, 3.05) is 6.54 Å². The Kier molecular flexibility index (Phi) is 4.43. The van der Waals surface area contributed by atoms with Gasteiger partial charge in [-0.05, 0) is 47.5 Å². The zero-order valence-corrected chi connectivity index (χ0v) is 12.2. The first-order valence-electron chi connectivity index (χ1n) is 6.49. The normalized spacial score (nSPS) is 25.1. The van der Waals surface area contributed by atoms with Crippen molar-refractivity contribution in [3.05, 3.63) is 0 Å². The molecule has 0 N–H and O–H groups in total. The second-order valence-electron chi connectivity index (χ2n) is 6.35. The van der Waals surface area contributed by atoms with Gasteiger partial charge < -0.3 is 4.74 Å². The lowest BCUT2D eigenvalue weighted by molar-refractivity contribution is -0.106. The van der Waals surface area contributed by atoms with Crippen LogP contribution in [0.4, 0.5) is 0 Å². The SMILES string of the molecule is C#CCN1C(C)(C)CC(OC(C)C#N)CC1(C)C. The monoisotopic (exact) mass is 248 g/mol. The summed E-state index contributed by atoms with van der Waals surface area (Å²) in [7, 11) is 0. The third kappa shape index (κ3) is 3.25. The summed E-state index contributed by atoms with van der Waals surface area (Å²) in [5, 5.41) is 8.85. The third-order valence-electron chi connectivity index (χ3n) is 3.74. The summed E-state index contributed by atoms with van der Waals surface area (Å²) in [5.41, 5.74) is -0.0120. The second kappa shape index (κ2) is 5.31. The number of rotatable bonds is 3. The standard InChI is InChI=1S/C15H24N2O/c1-7-8-17-14(3,4)9-13(10-15(17,5)6)18-12(2)11-16/h1,12-13H,8-10H2,2-6H3. The minimum Gasteiger partial charge on any atom is -0.360 e. The van der Waals surface area contributed by atoms with Gasteiger partial charge in [-0.1, -0.05) is 5.92 Å². The largest absolute Gasteiger partial charge is 0.360 e. The highest BCUT2D eigenvalue weighted by Crippen LogP contribution is 2.39. The molecule has 1 atom stereocenters. The van der Waals surface area contributed by atoms with Crippen LogP contribution in [0.3, 0.4) is 0 Å². The van der Waals surface area contributed by atoms with Gasteiger partial charge in [-0.15, -0.1) is 6.42 Å². The molecule has 3 nitrogen and oxygen atoms in total. The Balaban J connectivity index is 2.85. The van der Waals surface area contributed by atoms with E-state index in [0.717, 1.165) is 12.8 Å². The maximum atomic E-state index is 8.85. The van der Waals surface area contributed by atoms with Gasteiger partial charge in [0.1, 0.15) is 6.10 Å². The molecule has 0 spiro atoms. The van der Waals surface area contributed by atoms with E-state index in [1.54, 1.807) is 6.92 Å². The molecule has 0 aromatic rings. The van der Waals surface area contributed by atoms with Crippen LogP contribution in [0.25, 0.3) is 0 Å². The molecule has 3 heteroatoms. The molecule has 1 saturated heterocycles. The van der Waals surface area contributed by atoms with Crippen LogP contribution in [0.5, 0.6) is 0 Å². The smallest absolute Gasteiger partial charge is 0.141 e. The zero-order chi connectivity index (χ0) is 14.0. The molecule has 1 unspecified atom stereocenters. The molecule has 0 aromatic carbocycles. The minimum absolute atomic E-state index is 0.00599. The van der Waals surface area contributed by atoms with Crippen molar-refractivity contribution in [1.29, 1.82) is 5.26 Å². The van der Waals surface area contributed by atoms with Crippen molar-refractivity contribution in [2.45, 2.75) is 70.7 Å². The minimum atomic E-state index is -0.346. The Morgan fingerprint density at radius 3 is 2.22 bits per heavy atom. The van der Waals surface area contributed by atoms with Gasteiger partial charge in [0, 0.05) is 11.1 Å². The molecule has 1 rings (SSSR count). The van der Waals surface area contributed by atoms with E-state index in [9.17, 15) is 0 Å². The number of hydrogen-bond donors (Lipinski definition) is 0. The summed E-state index contributed by atoms with van der Waals surface area (Å²) < 4.78 is 5.80. The molecule has 0 aliphatic carbocycles. The van der Waals surface area contributed by atoms with Gasteiger partial charge >= 0.3 is 0 Å². The Morgan fingerprint density at radius 1 is 1.33 bits per heavy atom. The van der Waals surface area contributed by atoms with Crippen LogP contribution < -0.4 is 0 Å². The number of nitriles is 1. The van der Waals surface area contributed by atoms with Gasteiger partial charge in [-0.25, -0.2) is 0 Å². The molecule has 100 valence electrons. The second-order valence-corrected chi connectivity index (χ2v) is 6.35. The summed E-state index contributed by atoms with van der Waals surface area (Å²) in [6.45, 7) is 11.2. The molecule has 0 aromatic heterocycles. The van der Waals surface area contributed by atoms with Gasteiger partial charge in [0.2, 0.25) is 0 Å². The maximum Gasteiger partial charge on any atom is 0.141 e. The number of nitrogens with zero attached hydrogens (tertiary/aromatic N) is 2. The predicted molar refractivity (Wildman–Crippen MR) is 72.9 cm³/mol. The lowest BCUT2D eigenvalue weighted by Crippen LogP contribution is -2.62. The number of likely N-dealkylation sites (tertiary alicyclic amines) is 1. The lowest BCUT2D eigenvalue weighted by atomic mass is 9.78. The van der Waals surface area contributed by atoms with E-state index < -0.39 is 0 Å². The molecule has 18 heavy (non-hydrogen) atoms. The molecular weight excluding hydrogens is 224 g/mol. The molecule has 1 aliphatic rings.